The Bertz CT molecular complexity index is 600. The fourth-order valence-electron chi connectivity index (χ4n) is 2.17. The molecule has 5 heteroatoms. The SMILES string of the molecule is COc1ccc(CNCCCOc2ccc(N)cc2)cc1OC. The number of benzene rings is 2. The van der Waals surface area contributed by atoms with Crippen molar-refractivity contribution in [1.29, 1.82) is 0 Å². The van der Waals surface area contributed by atoms with Crippen molar-refractivity contribution < 1.29 is 14.2 Å². The number of nitrogen functional groups attached to an aromatic ring is 1. The van der Waals surface area contributed by atoms with Gasteiger partial charge in [0.05, 0.1) is 20.8 Å². The number of anilines is 1. The molecule has 0 saturated heterocycles. The Balaban J connectivity index is 1.66. The molecule has 2 aromatic carbocycles. The standard InChI is InChI=1S/C18H24N2O3/c1-21-17-9-4-14(12-18(17)22-2)13-20-10-3-11-23-16-7-5-15(19)6-8-16/h4-9,12,20H,3,10-11,13,19H2,1-2H3. The Kier molecular flexibility index (Phi) is 6.56. The summed E-state index contributed by atoms with van der Waals surface area (Å²) in [6.07, 6.45) is 0.928. The van der Waals surface area contributed by atoms with Gasteiger partial charge < -0.3 is 25.3 Å². The molecular weight excluding hydrogens is 292 g/mol. The molecule has 5 nitrogen and oxygen atoms in total. The Hall–Kier alpha value is -2.40. The third-order valence-electron chi connectivity index (χ3n) is 3.42. The Labute approximate surface area is 137 Å². The molecule has 0 unspecified atom stereocenters. The Morgan fingerprint density at radius 3 is 2.39 bits per heavy atom. The van der Waals surface area contributed by atoms with Gasteiger partial charge in [-0.2, -0.15) is 0 Å². The van der Waals surface area contributed by atoms with E-state index in [0.717, 1.165) is 48.0 Å². The van der Waals surface area contributed by atoms with E-state index in [-0.39, 0.29) is 0 Å². The molecule has 0 atom stereocenters. The summed E-state index contributed by atoms with van der Waals surface area (Å²) in [5.41, 5.74) is 7.53. The number of ether oxygens (including phenoxy) is 3. The number of hydrogen-bond donors (Lipinski definition) is 2. The van der Waals surface area contributed by atoms with Crippen LogP contribution in [0.5, 0.6) is 17.2 Å². The van der Waals surface area contributed by atoms with Crippen molar-refractivity contribution in [2.24, 2.45) is 0 Å². The van der Waals surface area contributed by atoms with Gasteiger partial charge in [0.25, 0.3) is 0 Å². The van der Waals surface area contributed by atoms with E-state index < -0.39 is 0 Å². The topological polar surface area (TPSA) is 65.7 Å². The highest BCUT2D eigenvalue weighted by Gasteiger charge is 2.04. The molecule has 0 aliphatic heterocycles. The summed E-state index contributed by atoms with van der Waals surface area (Å²) in [5.74, 6) is 2.34. The predicted molar refractivity (Wildman–Crippen MR) is 92.2 cm³/mol. The summed E-state index contributed by atoms with van der Waals surface area (Å²) >= 11 is 0. The van der Waals surface area contributed by atoms with Crippen LogP contribution in [0.3, 0.4) is 0 Å². The van der Waals surface area contributed by atoms with Gasteiger partial charge in [-0.15, -0.1) is 0 Å². The molecule has 2 aromatic rings. The van der Waals surface area contributed by atoms with Crippen LogP contribution in [0, 0.1) is 0 Å². The molecule has 0 aliphatic rings. The summed E-state index contributed by atoms with van der Waals surface area (Å²) in [7, 11) is 3.28. The maximum atomic E-state index is 5.65. The minimum atomic E-state index is 0.669. The van der Waals surface area contributed by atoms with E-state index in [2.05, 4.69) is 5.32 Å². The van der Waals surface area contributed by atoms with Crippen molar-refractivity contribution in [3.8, 4) is 17.2 Å². The maximum Gasteiger partial charge on any atom is 0.161 e. The van der Waals surface area contributed by atoms with Crippen LogP contribution in [-0.2, 0) is 6.54 Å². The zero-order valence-corrected chi connectivity index (χ0v) is 13.7. The quantitative estimate of drug-likeness (QED) is 0.550. The van der Waals surface area contributed by atoms with Gasteiger partial charge in [0.2, 0.25) is 0 Å². The normalized spacial score (nSPS) is 10.3. The highest BCUT2D eigenvalue weighted by atomic mass is 16.5. The smallest absolute Gasteiger partial charge is 0.161 e. The van der Waals surface area contributed by atoms with Crippen LogP contribution in [0.1, 0.15) is 12.0 Å². The minimum absolute atomic E-state index is 0.669. The monoisotopic (exact) mass is 316 g/mol. The molecule has 0 amide bonds. The average Bonchev–Trinajstić information content (AvgIpc) is 2.59. The van der Waals surface area contributed by atoms with Crippen LogP contribution < -0.4 is 25.3 Å². The van der Waals surface area contributed by atoms with E-state index in [1.54, 1.807) is 14.2 Å². The fraction of sp³-hybridized carbons (Fsp3) is 0.333. The van der Waals surface area contributed by atoms with E-state index in [0.29, 0.717) is 6.61 Å². The molecule has 0 spiro atoms. The Morgan fingerprint density at radius 2 is 1.70 bits per heavy atom. The predicted octanol–water partition coefficient (Wildman–Crippen LogP) is 2.84. The molecule has 0 bridgehead atoms. The van der Waals surface area contributed by atoms with Crippen molar-refractivity contribution >= 4 is 5.69 Å². The van der Waals surface area contributed by atoms with E-state index >= 15 is 0 Å². The molecule has 0 radical (unpaired) electrons. The second kappa shape index (κ2) is 8.90. The first kappa shape index (κ1) is 17.0. The van der Waals surface area contributed by atoms with E-state index in [1.807, 2.05) is 42.5 Å². The lowest BCUT2D eigenvalue weighted by Crippen LogP contribution is -2.17. The van der Waals surface area contributed by atoms with Gasteiger partial charge in [-0.25, -0.2) is 0 Å². The number of methoxy groups -OCH3 is 2. The zero-order valence-electron chi connectivity index (χ0n) is 13.7. The lowest BCUT2D eigenvalue weighted by atomic mass is 10.2. The van der Waals surface area contributed by atoms with Crippen LogP contribution in [0.4, 0.5) is 5.69 Å². The highest BCUT2D eigenvalue weighted by molar-refractivity contribution is 5.43. The van der Waals surface area contributed by atoms with Crippen LogP contribution in [0.15, 0.2) is 42.5 Å². The van der Waals surface area contributed by atoms with Gasteiger partial charge in [0.15, 0.2) is 11.5 Å². The Morgan fingerprint density at radius 1 is 0.957 bits per heavy atom. The van der Waals surface area contributed by atoms with Crippen molar-refractivity contribution in [1.82, 2.24) is 5.32 Å². The summed E-state index contributed by atoms with van der Waals surface area (Å²) in [6.45, 7) is 2.33. The lowest BCUT2D eigenvalue weighted by Gasteiger charge is -2.10. The van der Waals surface area contributed by atoms with Gasteiger partial charge in [-0.1, -0.05) is 6.07 Å². The van der Waals surface area contributed by atoms with Crippen molar-refractivity contribution in [2.75, 3.05) is 33.1 Å². The van der Waals surface area contributed by atoms with E-state index in [4.69, 9.17) is 19.9 Å². The molecule has 0 heterocycles. The summed E-state index contributed by atoms with van der Waals surface area (Å²) in [5, 5.41) is 3.39. The second-order valence-electron chi connectivity index (χ2n) is 5.14. The zero-order chi connectivity index (χ0) is 16.5. The summed E-state index contributed by atoms with van der Waals surface area (Å²) in [6, 6.07) is 13.4. The third-order valence-corrected chi connectivity index (χ3v) is 3.42. The first-order valence-corrected chi connectivity index (χ1v) is 7.63. The van der Waals surface area contributed by atoms with Crippen LogP contribution >= 0.6 is 0 Å². The summed E-state index contributed by atoms with van der Waals surface area (Å²) in [4.78, 5) is 0. The maximum absolute atomic E-state index is 5.65. The first-order chi connectivity index (χ1) is 11.2. The number of nitrogens with one attached hydrogen (secondary N) is 1. The molecule has 23 heavy (non-hydrogen) atoms. The average molecular weight is 316 g/mol. The second-order valence-corrected chi connectivity index (χ2v) is 5.14. The van der Waals surface area contributed by atoms with Crippen LogP contribution in [0.25, 0.3) is 0 Å². The van der Waals surface area contributed by atoms with Crippen molar-refractivity contribution in [3.63, 3.8) is 0 Å². The summed E-state index contributed by atoms with van der Waals surface area (Å²) < 4.78 is 16.2. The fourth-order valence-corrected chi connectivity index (χ4v) is 2.17. The van der Waals surface area contributed by atoms with Crippen LogP contribution in [0.2, 0.25) is 0 Å². The first-order valence-electron chi connectivity index (χ1n) is 7.63. The van der Waals surface area contributed by atoms with E-state index in [1.165, 1.54) is 0 Å². The molecule has 3 N–H and O–H groups in total. The molecule has 124 valence electrons. The number of hydrogen-bond acceptors (Lipinski definition) is 5. The molecule has 2 rings (SSSR count). The number of rotatable bonds is 9. The van der Waals surface area contributed by atoms with Gasteiger partial charge in [-0.3, -0.25) is 0 Å². The minimum Gasteiger partial charge on any atom is -0.494 e. The molecular formula is C18H24N2O3. The van der Waals surface area contributed by atoms with Gasteiger partial charge in [0, 0.05) is 12.2 Å². The number of nitrogens with two attached hydrogens (primary N) is 1. The lowest BCUT2D eigenvalue weighted by molar-refractivity contribution is 0.308. The molecule has 0 saturated carbocycles. The van der Waals surface area contributed by atoms with E-state index in [9.17, 15) is 0 Å². The highest BCUT2D eigenvalue weighted by Crippen LogP contribution is 2.27. The molecule has 0 aromatic heterocycles. The van der Waals surface area contributed by atoms with Gasteiger partial charge in [-0.05, 0) is 54.9 Å². The van der Waals surface area contributed by atoms with Gasteiger partial charge in [0.1, 0.15) is 5.75 Å². The van der Waals surface area contributed by atoms with Crippen molar-refractivity contribution in [3.05, 3.63) is 48.0 Å². The molecule has 0 aliphatic carbocycles. The van der Waals surface area contributed by atoms with Crippen molar-refractivity contribution in [2.45, 2.75) is 13.0 Å². The molecule has 0 fully saturated rings. The van der Waals surface area contributed by atoms with Crippen LogP contribution in [-0.4, -0.2) is 27.4 Å². The van der Waals surface area contributed by atoms with Gasteiger partial charge >= 0.3 is 0 Å². The largest absolute Gasteiger partial charge is 0.494 e. The third kappa shape index (κ3) is 5.38.